The van der Waals surface area contributed by atoms with Crippen LogP contribution in [0.1, 0.15) is 27.8 Å². The molecule has 5 heteroatoms. The Bertz CT molecular complexity index is 574. The van der Waals surface area contributed by atoms with Gasteiger partial charge in [-0.25, -0.2) is 9.97 Å². The number of hydrogen-bond acceptors (Lipinski definition) is 4. The number of aromatic nitrogens is 3. The Balaban J connectivity index is 2.20. The Morgan fingerprint density at radius 3 is 2.71 bits per heavy atom. The molecule has 0 spiro atoms. The van der Waals surface area contributed by atoms with Gasteiger partial charge in [0.25, 0.3) is 0 Å². The van der Waals surface area contributed by atoms with Crippen LogP contribution in [0.25, 0.3) is 0 Å². The van der Waals surface area contributed by atoms with Crippen LogP contribution >= 0.6 is 11.3 Å². The van der Waals surface area contributed by atoms with E-state index in [1.807, 2.05) is 30.8 Å². The van der Waals surface area contributed by atoms with Crippen molar-refractivity contribution >= 4 is 11.3 Å². The second-order valence-corrected chi connectivity index (χ2v) is 4.92. The summed E-state index contributed by atoms with van der Waals surface area (Å²) in [6, 6.07) is 2.14. The van der Waals surface area contributed by atoms with E-state index in [4.69, 9.17) is 5.26 Å². The SMILES string of the molecule is Cc1ncsc1CCn1c(C#N)nc(C)c1C. The standard InChI is InChI=1S/C12H14N4S/c1-8-10(3)16(12(6-13)15-8)5-4-11-9(2)14-7-17-11/h7H,4-5H2,1-3H3. The molecule has 0 amide bonds. The predicted molar refractivity (Wildman–Crippen MR) is 67.0 cm³/mol. The lowest BCUT2D eigenvalue weighted by Crippen LogP contribution is -2.06. The minimum atomic E-state index is 0.502. The zero-order valence-corrected chi connectivity index (χ0v) is 11.0. The third kappa shape index (κ3) is 2.22. The summed E-state index contributed by atoms with van der Waals surface area (Å²) in [7, 11) is 0. The van der Waals surface area contributed by atoms with E-state index in [1.54, 1.807) is 11.3 Å². The summed E-state index contributed by atoms with van der Waals surface area (Å²) in [6.45, 7) is 6.75. The third-order valence-electron chi connectivity index (χ3n) is 2.97. The zero-order valence-electron chi connectivity index (χ0n) is 10.2. The highest BCUT2D eigenvalue weighted by atomic mass is 32.1. The van der Waals surface area contributed by atoms with E-state index in [-0.39, 0.29) is 0 Å². The highest BCUT2D eigenvalue weighted by Gasteiger charge is 2.11. The number of aryl methyl sites for hydroxylation is 3. The van der Waals surface area contributed by atoms with Crippen LogP contribution in [0.4, 0.5) is 0 Å². The molecule has 88 valence electrons. The Labute approximate surface area is 105 Å². The van der Waals surface area contributed by atoms with E-state index in [0.717, 1.165) is 30.0 Å². The van der Waals surface area contributed by atoms with Crippen molar-refractivity contribution in [3.8, 4) is 6.07 Å². The van der Waals surface area contributed by atoms with Gasteiger partial charge in [0, 0.05) is 23.5 Å². The lowest BCUT2D eigenvalue weighted by molar-refractivity contribution is 0.670. The molecule has 0 N–H and O–H groups in total. The molecule has 0 atom stereocenters. The normalized spacial score (nSPS) is 10.5. The van der Waals surface area contributed by atoms with Crippen LogP contribution in [0.2, 0.25) is 0 Å². The van der Waals surface area contributed by atoms with Crippen molar-refractivity contribution < 1.29 is 0 Å². The summed E-state index contributed by atoms with van der Waals surface area (Å²) in [5, 5.41) is 9.02. The highest BCUT2D eigenvalue weighted by Crippen LogP contribution is 2.16. The van der Waals surface area contributed by atoms with Crippen molar-refractivity contribution in [1.82, 2.24) is 14.5 Å². The van der Waals surface area contributed by atoms with Crippen LogP contribution in [-0.2, 0) is 13.0 Å². The number of rotatable bonds is 3. The van der Waals surface area contributed by atoms with E-state index in [1.165, 1.54) is 4.88 Å². The molecular weight excluding hydrogens is 232 g/mol. The smallest absolute Gasteiger partial charge is 0.213 e. The van der Waals surface area contributed by atoms with Gasteiger partial charge in [0.2, 0.25) is 5.82 Å². The van der Waals surface area contributed by atoms with E-state index >= 15 is 0 Å². The number of imidazole rings is 1. The van der Waals surface area contributed by atoms with Crippen molar-refractivity contribution in [3.05, 3.63) is 33.3 Å². The second kappa shape index (κ2) is 4.68. The number of nitriles is 1. The number of hydrogen-bond donors (Lipinski definition) is 0. The summed E-state index contributed by atoms with van der Waals surface area (Å²) < 4.78 is 1.98. The molecule has 0 radical (unpaired) electrons. The first-order valence-electron chi connectivity index (χ1n) is 5.46. The van der Waals surface area contributed by atoms with E-state index < -0.39 is 0 Å². The first-order valence-corrected chi connectivity index (χ1v) is 6.34. The Morgan fingerprint density at radius 2 is 2.12 bits per heavy atom. The Kier molecular flexibility index (Phi) is 3.25. The summed E-state index contributed by atoms with van der Waals surface area (Å²) in [4.78, 5) is 9.75. The third-order valence-corrected chi connectivity index (χ3v) is 3.96. The Hall–Kier alpha value is -1.67. The monoisotopic (exact) mass is 246 g/mol. The molecule has 0 fully saturated rings. The molecule has 2 aromatic heterocycles. The molecule has 17 heavy (non-hydrogen) atoms. The average molecular weight is 246 g/mol. The van der Waals surface area contributed by atoms with Crippen LogP contribution in [0, 0.1) is 32.1 Å². The minimum absolute atomic E-state index is 0.502. The van der Waals surface area contributed by atoms with Crippen LogP contribution in [0.15, 0.2) is 5.51 Å². The topological polar surface area (TPSA) is 54.5 Å². The minimum Gasteiger partial charge on any atom is -0.319 e. The summed E-state index contributed by atoms with van der Waals surface area (Å²) in [5.74, 6) is 0.502. The fourth-order valence-electron chi connectivity index (χ4n) is 1.79. The molecule has 2 heterocycles. The molecular formula is C12H14N4S. The van der Waals surface area contributed by atoms with Crippen LogP contribution in [0.5, 0.6) is 0 Å². The predicted octanol–water partition coefficient (Wildman–Crippen LogP) is 2.38. The van der Waals surface area contributed by atoms with Gasteiger partial charge in [0.05, 0.1) is 16.9 Å². The van der Waals surface area contributed by atoms with Gasteiger partial charge in [-0.1, -0.05) is 0 Å². The summed E-state index contributed by atoms with van der Waals surface area (Å²) in [6.07, 6.45) is 0.905. The van der Waals surface area contributed by atoms with Gasteiger partial charge >= 0.3 is 0 Å². The van der Waals surface area contributed by atoms with Crippen LogP contribution in [-0.4, -0.2) is 14.5 Å². The average Bonchev–Trinajstić information content (AvgIpc) is 2.83. The molecule has 0 saturated carbocycles. The van der Waals surface area contributed by atoms with Gasteiger partial charge in [-0.05, 0) is 20.8 Å². The van der Waals surface area contributed by atoms with Crippen molar-refractivity contribution in [2.24, 2.45) is 0 Å². The Morgan fingerprint density at radius 1 is 1.35 bits per heavy atom. The molecule has 0 aliphatic rings. The second-order valence-electron chi connectivity index (χ2n) is 3.98. The maximum absolute atomic E-state index is 9.02. The summed E-state index contributed by atoms with van der Waals surface area (Å²) in [5.41, 5.74) is 4.95. The lowest BCUT2D eigenvalue weighted by atomic mass is 10.3. The first-order chi connectivity index (χ1) is 8.13. The van der Waals surface area contributed by atoms with Crippen molar-refractivity contribution in [2.45, 2.75) is 33.7 Å². The van der Waals surface area contributed by atoms with Crippen molar-refractivity contribution in [2.75, 3.05) is 0 Å². The van der Waals surface area contributed by atoms with Gasteiger partial charge < -0.3 is 4.57 Å². The van der Waals surface area contributed by atoms with Gasteiger partial charge in [0.15, 0.2) is 0 Å². The maximum atomic E-state index is 9.02. The molecule has 2 rings (SSSR count). The van der Waals surface area contributed by atoms with E-state index in [9.17, 15) is 0 Å². The fourth-order valence-corrected chi connectivity index (χ4v) is 2.56. The molecule has 0 saturated heterocycles. The fraction of sp³-hybridized carbons (Fsp3) is 0.417. The van der Waals surface area contributed by atoms with Gasteiger partial charge in [-0.15, -0.1) is 11.3 Å². The van der Waals surface area contributed by atoms with Gasteiger partial charge in [-0.3, -0.25) is 0 Å². The molecule has 0 aromatic carbocycles. The van der Waals surface area contributed by atoms with Crippen LogP contribution in [0.3, 0.4) is 0 Å². The number of thiazole rings is 1. The summed E-state index contributed by atoms with van der Waals surface area (Å²) >= 11 is 1.67. The van der Waals surface area contributed by atoms with Crippen molar-refractivity contribution in [3.63, 3.8) is 0 Å². The van der Waals surface area contributed by atoms with Gasteiger partial charge in [-0.2, -0.15) is 5.26 Å². The van der Waals surface area contributed by atoms with Crippen molar-refractivity contribution in [1.29, 1.82) is 5.26 Å². The largest absolute Gasteiger partial charge is 0.319 e. The molecule has 0 aliphatic carbocycles. The highest BCUT2D eigenvalue weighted by molar-refractivity contribution is 7.09. The zero-order chi connectivity index (χ0) is 12.4. The van der Waals surface area contributed by atoms with Crippen LogP contribution < -0.4 is 0 Å². The molecule has 4 nitrogen and oxygen atoms in total. The number of nitrogens with zero attached hydrogens (tertiary/aromatic N) is 4. The molecule has 0 unspecified atom stereocenters. The van der Waals surface area contributed by atoms with E-state index in [0.29, 0.717) is 5.82 Å². The molecule has 2 aromatic rings. The molecule has 0 bridgehead atoms. The van der Waals surface area contributed by atoms with E-state index in [2.05, 4.69) is 16.0 Å². The van der Waals surface area contributed by atoms with Gasteiger partial charge in [0.1, 0.15) is 6.07 Å². The first kappa shape index (κ1) is 11.8. The maximum Gasteiger partial charge on any atom is 0.213 e. The molecule has 0 aliphatic heterocycles. The lowest BCUT2D eigenvalue weighted by Gasteiger charge is -2.05. The quantitative estimate of drug-likeness (QED) is 0.835.